The molecule has 1 aliphatic rings. The van der Waals surface area contributed by atoms with E-state index in [2.05, 4.69) is 25.3 Å². The number of hydrogen-bond donors (Lipinski definition) is 2. The van der Waals surface area contributed by atoms with Crippen LogP contribution >= 0.6 is 0 Å². The van der Waals surface area contributed by atoms with Gasteiger partial charge in [-0.25, -0.2) is 32.5 Å². The fourth-order valence-electron chi connectivity index (χ4n) is 5.57. The van der Waals surface area contributed by atoms with Gasteiger partial charge in [0.15, 0.2) is 34.4 Å². The normalized spacial score (nSPS) is 17.9. The SMILES string of the molecule is CCOC(C)Nc1ncnc2c1ncn2Cc1cc(-c2cc(F)c(OC)c(F)c2)ncc1N1CCC[C@](N)(CC(F)F)C1. The minimum atomic E-state index is -2.53. The van der Waals surface area contributed by atoms with Crippen LogP contribution in [-0.2, 0) is 11.3 Å². The molecule has 0 amide bonds. The molecule has 1 unspecified atom stereocenters. The Balaban J connectivity index is 1.56. The van der Waals surface area contributed by atoms with Crippen LogP contribution in [0.4, 0.5) is 29.1 Å². The molecule has 1 aliphatic heterocycles. The van der Waals surface area contributed by atoms with E-state index in [9.17, 15) is 17.6 Å². The van der Waals surface area contributed by atoms with Gasteiger partial charge >= 0.3 is 0 Å². The first-order chi connectivity index (χ1) is 20.6. The number of methoxy groups -OCH3 is 1. The number of imidazole rings is 1. The number of aromatic nitrogens is 5. The van der Waals surface area contributed by atoms with Crippen LogP contribution in [0.3, 0.4) is 0 Å². The van der Waals surface area contributed by atoms with Crippen LogP contribution in [-0.4, -0.2) is 69.5 Å². The number of hydrogen-bond acceptors (Lipinski definition) is 9. The van der Waals surface area contributed by atoms with Gasteiger partial charge in [-0.15, -0.1) is 0 Å². The Hall–Kier alpha value is -4.04. The van der Waals surface area contributed by atoms with Gasteiger partial charge in [-0.1, -0.05) is 0 Å². The standard InChI is InChI=1S/C29H34F4N8O2/c1-4-43-17(2)39-27-25-28(37-15-36-27)41(16-38-25)13-19-10-22(18-8-20(30)26(42-3)21(31)9-18)35-12-23(19)40-7-5-6-29(34,14-40)11-24(32)33/h8-10,12,15-17,24H,4-7,11,13-14,34H2,1-3H3,(H,36,37,39)/t17?,29-/m0/s1. The van der Waals surface area contributed by atoms with E-state index in [1.807, 2.05) is 23.3 Å². The summed E-state index contributed by atoms with van der Waals surface area (Å²) < 4.78 is 68.1. The lowest BCUT2D eigenvalue weighted by Gasteiger charge is -2.42. The molecule has 0 spiro atoms. The summed E-state index contributed by atoms with van der Waals surface area (Å²) >= 11 is 0. The minimum Gasteiger partial charge on any atom is -0.491 e. The van der Waals surface area contributed by atoms with Gasteiger partial charge in [0, 0.05) is 37.2 Å². The Morgan fingerprint density at radius 3 is 2.58 bits per heavy atom. The molecule has 0 aliphatic carbocycles. The Kier molecular flexibility index (Phi) is 8.97. The van der Waals surface area contributed by atoms with E-state index in [1.54, 1.807) is 18.6 Å². The van der Waals surface area contributed by atoms with Gasteiger partial charge in [0.1, 0.15) is 12.6 Å². The molecule has 1 saturated heterocycles. The lowest BCUT2D eigenvalue weighted by Crippen LogP contribution is -2.55. The zero-order valence-electron chi connectivity index (χ0n) is 24.2. The maximum atomic E-state index is 14.6. The van der Waals surface area contributed by atoms with Crippen molar-refractivity contribution in [2.75, 3.05) is 37.0 Å². The second kappa shape index (κ2) is 12.7. The van der Waals surface area contributed by atoms with Gasteiger partial charge < -0.3 is 30.0 Å². The highest BCUT2D eigenvalue weighted by molar-refractivity contribution is 5.82. The largest absolute Gasteiger partial charge is 0.491 e. The summed E-state index contributed by atoms with van der Waals surface area (Å²) in [6.07, 6.45) is 2.45. The molecule has 0 radical (unpaired) electrons. The molecule has 3 N–H and O–H groups in total. The van der Waals surface area contributed by atoms with E-state index in [1.165, 1.54) is 13.4 Å². The number of ether oxygens (including phenoxy) is 2. The number of alkyl halides is 2. The van der Waals surface area contributed by atoms with Crippen LogP contribution in [0.5, 0.6) is 5.75 Å². The van der Waals surface area contributed by atoms with E-state index < -0.39 is 35.8 Å². The van der Waals surface area contributed by atoms with Crippen molar-refractivity contribution in [2.45, 2.75) is 57.8 Å². The number of nitrogens with two attached hydrogens (primary N) is 1. The maximum Gasteiger partial charge on any atom is 0.240 e. The highest BCUT2D eigenvalue weighted by Crippen LogP contribution is 2.34. The van der Waals surface area contributed by atoms with Crippen molar-refractivity contribution in [2.24, 2.45) is 5.73 Å². The molecule has 0 saturated carbocycles. The molecular formula is C29H34F4N8O2. The molecule has 230 valence electrons. The fraction of sp³-hybridized carbons (Fsp3) is 0.448. The van der Waals surface area contributed by atoms with E-state index in [4.69, 9.17) is 15.2 Å². The van der Waals surface area contributed by atoms with Crippen molar-refractivity contribution in [1.29, 1.82) is 0 Å². The van der Waals surface area contributed by atoms with Crippen molar-refractivity contribution >= 4 is 22.7 Å². The maximum absolute atomic E-state index is 14.6. The number of anilines is 2. The van der Waals surface area contributed by atoms with E-state index in [-0.39, 0.29) is 24.9 Å². The number of fused-ring (bicyclic) bond motifs is 1. The molecule has 0 bridgehead atoms. The van der Waals surface area contributed by atoms with Gasteiger partial charge in [-0.05, 0) is 50.5 Å². The molecule has 43 heavy (non-hydrogen) atoms. The highest BCUT2D eigenvalue weighted by Gasteiger charge is 2.35. The Labute approximate surface area is 246 Å². The van der Waals surface area contributed by atoms with Crippen molar-refractivity contribution < 1.29 is 27.0 Å². The number of halogens is 4. The predicted molar refractivity (Wildman–Crippen MR) is 154 cm³/mol. The molecule has 4 heterocycles. The van der Waals surface area contributed by atoms with Crippen LogP contribution < -0.4 is 20.7 Å². The quantitative estimate of drug-likeness (QED) is 0.181. The second-order valence-electron chi connectivity index (χ2n) is 10.7. The molecule has 1 aromatic carbocycles. The van der Waals surface area contributed by atoms with Gasteiger partial charge in [-0.3, -0.25) is 4.98 Å². The third-order valence-electron chi connectivity index (χ3n) is 7.47. The Morgan fingerprint density at radius 1 is 1.12 bits per heavy atom. The summed E-state index contributed by atoms with van der Waals surface area (Å²) in [6, 6.07) is 4.03. The van der Waals surface area contributed by atoms with Crippen molar-refractivity contribution in [3.63, 3.8) is 0 Å². The minimum absolute atomic E-state index is 0.202. The smallest absolute Gasteiger partial charge is 0.240 e. The second-order valence-corrected chi connectivity index (χ2v) is 10.7. The van der Waals surface area contributed by atoms with Gasteiger partial charge in [0.2, 0.25) is 6.43 Å². The molecule has 2 atom stereocenters. The average Bonchev–Trinajstić information content (AvgIpc) is 3.36. The fourth-order valence-corrected chi connectivity index (χ4v) is 5.57. The summed E-state index contributed by atoms with van der Waals surface area (Å²) in [5.41, 5.74) is 8.31. The predicted octanol–water partition coefficient (Wildman–Crippen LogP) is 4.97. The van der Waals surface area contributed by atoms with Crippen LogP contribution in [0.1, 0.15) is 38.7 Å². The molecule has 3 aromatic heterocycles. The number of piperidine rings is 1. The first-order valence-corrected chi connectivity index (χ1v) is 14.0. The Bertz CT molecular complexity index is 1560. The Morgan fingerprint density at radius 2 is 1.88 bits per heavy atom. The van der Waals surface area contributed by atoms with Gasteiger partial charge in [-0.2, -0.15) is 0 Å². The lowest BCUT2D eigenvalue weighted by atomic mass is 9.86. The highest BCUT2D eigenvalue weighted by atomic mass is 19.3. The summed E-state index contributed by atoms with van der Waals surface area (Å²) in [6.45, 7) is 5.29. The van der Waals surface area contributed by atoms with Crippen LogP contribution in [0.25, 0.3) is 22.4 Å². The molecule has 4 aromatic rings. The molecule has 14 heteroatoms. The summed E-state index contributed by atoms with van der Waals surface area (Å²) in [4.78, 5) is 19.7. The van der Waals surface area contributed by atoms with Gasteiger partial charge in [0.25, 0.3) is 0 Å². The zero-order valence-corrected chi connectivity index (χ0v) is 24.2. The van der Waals surface area contributed by atoms with Crippen molar-refractivity contribution in [1.82, 2.24) is 24.5 Å². The zero-order chi connectivity index (χ0) is 30.7. The topological polar surface area (TPSA) is 116 Å². The number of benzene rings is 1. The molecule has 5 rings (SSSR count). The number of pyridine rings is 1. The number of rotatable bonds is 11. The average molecular weight is 603 g/mol. The van der Waals surface area contributed by atoms with Crippen molar-refractivity contribution in [3.05, 3.63) is 54.2 Å². The summed E-state index contributed by atoms with van der Waals surface area (Å²) in [7, 11) is 1.19. The number of nitrogens with one attached hydrogen (secondary N) is 1. The van der Waals surface area contributed by atoms with Crippen LogP contribution in [0.15, 0.2) is 37.1 Å². The van der Waals surface area contributed by atoms with Crippen LogP contribution in [0, 0.1) is 11.6 Å². The van der Waals surface area contributed by atoms with E-state index >= 15 is 0 Å². The molecule has 1 fully saturated rings. The van der Waals surface area contributed by atoms with E-state index in [0.717, 1.165) is 12.1 Å². The lowest BCUT2D eigenvalue weighted by molar-refractivity contribution is 0.0958. The van der Waals surface area contributed by atoms with E-state index in [0.29, 0.717) is 59.9 Å². The number of nitrogens with zero attached hydrogens (tertiary/aromatic N) is 6. The van der Waals surface area contributed by atoms with Gasteiger partial charge in [0.05, 0.1) is 37.6 Å². The summed E-state index contributed by atoms with van der Waals surface area (Å²) in [5.74, 6) is -1.71. The summed E-state index contributed by atoms with van der Waals surface area (Å²) in [5, 5.41) is 3.18. The van der Waals surface area contributed by atoms with Crippen molar-refractivity contribution in [3.8, 4) is 17.0 Å². The van der Waals surface area contributed by atoms with Crippen LogP contribution in [0.2, 0.25) is 0 Å². The first-order valence-electron chi connectivity index (χ1n) is 14.0. The third kappa shape index (κ3) is 6.64. The third-order valence-corrected chi connectivity index (χ3v) is 7.47. The first kappa shape index (κ1) is 30.4. The monoisotopic (exact) mass is 602 g/mol. The molecular weight excluding hydrogens is 568 g/mol. The molecule has 10 nitrogen and oxygen atoms in total.